The molecule has 0 heteroatoms. The van der Waals surface area contributed by atoms with Crippen molar-refractivity contribution < 1.29 is 0 Å². The molecule has 0 heterocycles. The Bertz CT molecular complexity index is 2880. The molecule has 0 radical (unpaired) electrons. The molecule has 52 heavy (non-hydrogen) atoms. The van der Waals surface area contributed by atoms with Crippen LogP contribution in [0.3, 0.4) is 0 Å². The molecule has 0 aliphatic rings. The summed E-state index contributed by atoms with van der Waals surface area (Å²) in [5.41, 5.74) is 12.4. The van der Waals surface area contributed by atoms with E-state index in [4.69, 9.17) is 0 Å². The maximum Gasteiger partial charge on any atom is -0.00262 e. The monoisotopic (exact) mass is 658 g/mol. The molecule has 242 valence electrons. The number of benzene rings is 10. The molecule has 0 bridgehead atoms. The number of fused-ring (bicyclic) bond motifs is 4. The minimum Gasteiger partial charge on any atom is -0.0622 e. The van der Waals surface area contributed by atoms with Crippen molar-refractivity contribution >= 4 is 43.1 Å². The fourth-order valence-electron chi connectivity index (χ4n) is 8.22. The average Bonchev–Trinajstić information content (AvgIpc) is 3.22. The summed E-state index contributed by atoms with van der Waals surface area (Å²) in [5, 5.41) is 10.1. The molecule has 0 saturated heterocycles. The first kappa shape index (κ1) is 30.1. The van der Waals surface area contributed by atoms with E-state index in [2.05, 4.69) is 206 Å². The molecule has 0 aromatic heterocycles. The van der Waals surface area contributed by atoms with Gasteiger partial charge in [0, 0.05) is 0 Å². The van der Waals surface area contributed by atoms with Crippen LogP contribution in [0.2, 0.25) is 0 Å². The SMILES string of the molecule is c1ccc(-c2c(-c3cccc(-c4c5ccccc5c(-c5ccc(-c6ccc7ccccc7c6)cc5)c5ccccc45)c3)ccc3ccccc23)cc1. The van der Waals surface area contributed by atoms with Crippen molar-refractivity contribution in [2.75, 3.05) is 0 Å². The highest BCUT2D eigenvalue weighted by Crippen LogP contribution is 2.45. The number of hydrogen-bond acceptors (Lipinski definition) is 0. The molecule has 0 nitrogen and oxygen atoms in total. The fraction of sp³-hybridized carbons (Fsp3) is 0. The van der Waals surface area contributed by atoms with E-state index in [0.29, 0.717) is 0 Å². The molecule has 10 aromatic carbocycles. The molecule has 0 spiro atoms. The van der Waals surface area contributed by atoms with Gasteiger partial charge in [0.25, 0.3) is 0 Å². The third-order valence-corrected chi connectivity index (χ3v) is 10.6. The number of hydrogen-bond donors (Lipinski definition) is 0. The maximum atomic E-state index is 2.39. The summed E-state index contributed by atoms with van der Waals surface area (Å²) < 4.78 is 0. The highest BCUT2D eigenvalue weighted by Gasteiger charge is 2.18. The van der Waals surface area contributed by atoms with Crippen LogP contribution >= 0.6 is 0 Å². The van der Waals surface area contributed by atoms with Gasteiger partial charge in [0.05, 0.1) is 0 Å². The Kier molecular flexibility index (Phi) is 7.25. The lowest BCUT2D eigenvalue weighted by molar-refractivity contribution is 1.60. The molecule has 0 amide bonds. The lowest BCUT2D eigenvalue weighted by Gasteiger charge is -2.19. The predicted octanol–water partition coefficient (Wildman–Crippen LogP) is 14.6. The molecule has 10 rings (SSSR count). The van der Waals surface area contributed by atoms with Crippen LogP contribution in [0.4, 0.5) is 0 Å². The summed E-state index contributed by atoms with van der Waals surface area (Å²) >= 11 is 0. The number of rotatable bonds is 5. The van der Waals surface area contributed by atoms with Gasteiger partial charge in [0.2, 0.25) is 0 Å². The van der Waals surface area contributed by atoms with Crippen molar-refractivity contribution in [1.82, 2.24) is 0 Å². The zero-order valence-corrected chi connectivity index (χ0v) is 28.6. The first-order chi connectivity index (χ1) is 25.8. The van der Waals surface area contributed by atoms with Gasteiger partial charge >= 0.3 is 0 Å². The average molecular weight is 659 g/mol. The van der Waals surface area contributed by atoms with Gasteiger partial charge in [-0.3, -0.25) is 0 Å². The molecule has 0 fully saturated rings. The Labute approximate surface area is 303 Å². The van der Waals surface area contributed by atoms with Crippen molar-refractivity contribution in [2.24, 2.45) is 0 Å². The molecule has 0 aliphatic heterocycles. The minimum absolute atomic E-state index is 1.21. The predicted molar refractivity (Wildman–Crippen MR) is 224 cm³/mol. The second-order valence-corrected chi connectivity index (χ2v) is 13.6. The Morgan fingerprint density at radius 2 is 0.654 bits per heavy atom. The Morgan fingerprint density at radius 1 is 0.192 bits per heavy atom. The van der Waals surface area contributed by atoms with Crippen LogP contribution < -0.4 is 0 Å². The summed E-state index contributed by atoms with van der Waals surface area (Å²) in [5.74, 6) is 0. The zero-order chi connectivity index (χ0) is 34.4. The van der Waals surface area contributed by atoms with Gasteiger partial charge in [0.1, 0.15) is 0 Å². The van der Waals surface area contributed by atoms with Gasteiger partial charge in [-0.25, -0.2) is 0 Å². The molecule has 0 saturated carbocycles. The molecule has 0 unspecified atom stereocenters. The maximum absolute atomic E-state index is 2.39. The molecule has 0 N–H and O–H groups in total. The smallest absolute Gasteiger partial charge is 0.00262 e. The van der Waals surface area contributed by atoms with Crippen LogP contribution in [0.15, 0.2) is 206 Å². The second-order valence-electron chi connectivity index (χ2n) is 13.6. The summed E-state index contributed by atoms with van der Waals surface area (Å²) in [6.45, 7) is 0. The third-order valence-electron chi connectivity index (χ3n) is 10.6. The van der Waals surface area contributed by atoms with Gasteiger partial charge in [-0.15, -0.1) is 0 Å². The molecule has 10 aromatic rings. The first-order valence-electron chi connectivity index (χ1n) is 18.0. The van der Waals surface area contributed by atoms with E-state index in [1.165, 1.54) is 98.7 Å². The highest BCUT2D eigenvalue weighted by molar-refractivity contribution is 6.21. The lowest BCUT2D eigenvalue weighted by atomic mass is 9.84. The van der Waals surface area contributed by atoms with Gasteiger partial charge in [-0.05, 0) is 111 Å². The molecular formula is C52H34. The minimum atomic E-state index is 1.21. The summed E-state index contributed by atoms with van der Waals surface area (Å²) in [6.07, 6.45) is 0. The van der Waals surface area contributed by atoms with E-state index in [9.17, 15) is 0 Å². The standard InChI is InChI=1S/C52H34/c1-2-15-38(16-3-1)50-44-20-7-6-14-37(44)31-32-45(50)42-18-12-19-43(34-42)52-48-23-10-8-21-46(48)51(47-22-9-11-24-49(47)52)39-28-25-36(26-29-39)41-30-27-35-13-4-5-17-40(35)33-41/h1-34H. The van der Waals surface area contributed by atoms with Crippen molar-refractivity contribution in [3.8, 4) is 55.6 Å². The highest BCUT2D eigenvalue weighted by atomic mass is 14.2. The summed E-state index contributed by atoms with van der Waals surface area (Å²) in [7, 11) is 0. The van der Waals surface area contributed by atoms with Gasteiger partial charge in [0.15, 0.2) is 0 Å². The largest absolute Gasteiger partial charge is 0.0622 e. The second kappa shape index (κ2) is 12.5. The third kappa shape index (κ3) is 5.08. The van der Waals surface area contributed by atoms with Crippen LogP contribution in [-0.2, 0) is 0 Å². The molecular weight excluding hydrogens is 625 g/mol. The van der Waals surface area contributed by atoms with E-state index in [-0.39, 0.29) is 0 Å². The Hall–Kier alpha value is -6.76. The van der Waals surface area contributed by atoms with E-state index >= 15 is 0 Å². The van der Waals surface area contributed by atoms with Crippen molar-refractivity contribution in [1.29, 1.82) is 0 Å². The van der Waals surface area contributed by atoms with Crippen molar-refractivity contribution in [3.05, 3.63) is 206 Å². The van der Waals surface area contributed by atoms with Crippen molar-refractivity contribution in [3.63, 3.8) is 0 Å². The van der Waals surface area contributed by atoms with Crippen LogP contribution in [0.1, 0.15) is 0 Å². The first-order valence-corrected chi connectivity index (χ1v) is 18.0. The van der Waals surface area contributed by atoms with E-state index in [1.54, 1.807) is 0 Å². The quantitative estimate of drug-likeness (QED) is 0.161. The van der Waals surface area contributed by atoms with E-state index in [1.807, 2.05) is 0 Å². The zero-order valence-electron chi connectivity index (χ0n) is 28.6. The summed E-state index contributed by atoms with van der Waals surface area (Å²) in [6, 6.07) is 75.5. The van der Waals surface area contributed by atoms with Gasteiger partial charge < -0.3 is 0 Å². The topological polar surface area (TPSA) is 0 Å². The lowest BCUT2D eigenvalue weighted by Crippen LogP contribution is -1.92. The van der Waals surface area contributed by atoms with Gasteiger partial charge in [-0.1, -0.05) is 194 Å². The fourth-order valence-corrected chi connectivity index (χ4v) is 8.22. The molecule has 0 atom stereocenters. The van der Waals surface area contributed by atoms with Crippen LogP contribution in [0, 0.1) is 0 Å². The Balaban J connectivity index is 1.15. The van der Waals surface area contributed by atoms with E-state index in [0.717, 1.165) is 0 Å². The van der Waals surface area contributed by atoms with Crippen molar-refractivity contribution in [2.45, 2.75) is 0 Å². The van der Waals surface area contributed by atoms with Crippen LogP contribution in [0.25, 0.3) is 98.7 Å². The summed E-state index contributed by atoms with van der Waals surface area (Å²) in [4.78, 5) is 0. The van der Waals surface area contributed by atoms with Gasteiger partial charge in [-0.2, -0.15) is 0 Å². The van der Waals surface area contributed by atoms with E-state index < -0.39 is 0 Å². The van der Waals surface area contributed by atoms with Crippen LogP contribution in [-0.4, -0.2) is 0 Å². The van der Waals surface area contributed by atoms with Crippen LogP contribution in [0.5, 0.6) is 0 Å². The molecule has 0 aliphatic carbocycles. The Morgan fingerprint density at radius 3 is 1.35 bits per heavy atom. The normalized spacial score (nSPS) is 11.5.